The predicted molar refractivity (Wildman–Crippen MR) is 111 cm³/mol. The zero-order chi connectivity index (χ0) is 17.9. The second kappa shape index (κ2) is 7.64. The number of anilines is 2. The van der Waals surface area contributed by atoms with E-state index in [0.29, 0.717) is 0 Å². The molecule has 1 saturated heterocycles. The summed E-state index contributed by atoms with van der Waals surface area (Å²) in [6.45, 7) is 1.95. The van der Waals surface area contributed by atoms with E-state index in [0.717, 1.165) is 31.7 Å². The lowest BCUT2D eigenvalue weighted by molar-refractivity contribution is 0.414. The van der Waals surface area contributed by atoms with E-state index in [1.54, 1.807) is 7.11 Å². The van der Waals surface area contributed by atoms with E-state index < -0.39 is 0 Å². The van der Waals surface area contributed by atoms with Crippen molar-refractivity contribution in [2.45, 2.75) is 24.3 Å². The number of hydrogen-bond donors (Lipinski definition) is 1. The summed E-state index contributed by atoms with van der Waals surface area (Å²) < 4.78 is 5.52. The van der Waals surface area contributed by atoms with Crippen molar-refractivity contribution in [1.82, 2.24) is 0 Å². The first-order chi connectivity index (χ1) is 12.8. The normalized spacial score (nSPS) is 22.7. The Hall–Kier alpha value is -2.11. The van der Waals surface area contributed by atoms with E-state index in [-0.39, 0.29) is 11.4 Å². The van der Waals surface area contributed by atoms with E-state index in [4.69, 9.17) is 10.5 Å². The van der Waals surface area contributed by atoms with E-state index in [2.05, 4.69) is 63.9 Å². The van der Waals surface area contributed by atoms with E-state index >= 15 is 0 Å². The summed E-state index contributed by atoms with van der Waals surface area (Å²) in [7, 11) is 1.72. The molecule has 2 N–H and O–H groups in total. The fourth-order valence-electron chi connectivity index (χ4n) is 3.72. The second-order valence-corrected chi connectivity index (χ2v) is 7.79. The molecule has 4 nitrogen and oxygen atoms in total. The maximum absolute atomic E-state index is 6.24. The van der Waals surface area contributed by atoms with Gasteiger partial charge in [0.05, 0.1) is 18.5 Å². The summed E-state index contributed by atoms with van der Waals surface area (Å²) >= 11 is 1.83. The standard InChI is InChI=1S/C21H25N3OS/c1-25-18-9-10-19(23-11-5-8-17(22)15-23)20(14-18)24-12-13-26-21(24)16-6-3-2-4-7-16/h2-4,6-7,9-10,12-14,17,21H,5,8,11,15,22H2,1H3/t17?,21-/m0/s1. The Morgan fingerprint density at radius 1 is 1.12 bits per heavy atom. The second-order valence-electron chi connectivity index (χ2n) is 6.79. The summed E-state index contributed by atoms with van der Waals surface area (Å²) in [6, 6.07) is 17.2. The third kappa shape index (κ3) is 3.41. The third-order valence-corrected chi connectivity index (χ3v) is 6.06. The zero-order valence-corrected chi connectivity index (χ0v) is 15.9. The van der Waals surface area contributed by atoms with Gasteiger partial charge in [0.25, 0.3) is 0 Å². The van der Waals surface area contributed by atoms with Crippen molar-refractivity contribution in [3.05, 3.63) is 65.7 Å². The van der Waals surface area contributed by atoms with E-state index in [1.165, 1.54) is 16.9 Å². The summed E-state index contributed by atoms with van der Waals surface area (Å²) in [6.07, 6.45) is 4.41. The minimum atomic E-state index is 0.237. The third-order valence-electron chi connectivity index (χ3n) is 5.03. The number of thioether (sulfide) groups is 1. The fourth-order valence-corrected chi connectivity index (χ4v) is 4.70. The van der Waals surface area contributed by atoms with Crippen molar-refractivity contribution in [3.63, 3.8) is 0 Å². The molecule has 26 heavy (non-hydrogen) atoms. The number of benzene rings is 2. The van der Waals surface area contributed by atoms with E-state index in [1.807, 2.05) is 17.8 Å². The molecule has 2 aliphatic rings. The first-order valence-electron chi connectivity index (χ1n) is 9.10. The van der Waals surface area contributed by atoms with Gasteiger partial charge in [-0.05, 0) is 35.9 Å². The topological polar surface area (TPSA) is 41.7 Å². The first kappa shape index (κ1) is 17.3. The van der Waals surface area contributed by atoms with Crippen LogP contribution in [0.4, 0.5) is 11.4 Å². The van der Waals surface area contributed by atoms with Gasteiger partial charge < -0.3 is 20.3 Å². The molecule has 2 aromatic carbocycles. The quantitative estimate of drug-likeness (QED) is 0.870. The van der Waals surface area contributed by atoms with Crippen LogP contribution in [-0.4, -0.2) is 26.2 Å². The highest BCUT2D eigenvalue weighted by Crippen LogP contribution is 2.46. The van der Waals surface area contributed by atoms with Gasteiger partial charge in [-0.2, -0.15) is 0 Å². The van der Waals surface area contributed by atoms with Crippen molar-refractivity contribution in [3.8, 4) is 5.75 Å². The van der Waals surface area contributed by atoms with Gasteiger partial charge in [-0.25, -0.2) is 0 Å². The molecule has 5 heteroatoms. The van der Waals surface area contributed by atoms with Crippen LogP contribution in [0.2, 0.25) is 0 Å². The largest absolute Gasteiger partial charge is 0.497 e. The van der Waals surface area contributed by atoms with Crippen molar-refractivity contribution in [2.75, 3.05) is 30.0 Å². The molecular weight excluding hydrogens is 342 g/mol. The van der Waals surface area contributed by atoms with Crippen LogP contribution in [0.5, 0.6) is 5.75 Å². The van der Waals surface area contributed by atoms with Gasteiger partial charge in [0.2, 0.25) is 0 Å². The van der Waals surface area contributed by atoms with Gasteiger partial charge in [-0.15, -0.1) is 11.8 Å². The SMILES string of the molecule is COc1ccc(N2CCCC(N)C2)c(N2C=CS[C@H]2c2ccccc2)c1. The van der Waals surface area contributed by atoms with Crippen LogP contribution < -0.4 is 20.3 Å². The molecule has 2 aromatic rings. The van der Waals surface area contributed by atoms with Gasteiger partial charge in [0.15, 0.2) is 0 Å². The minimum Gasteiger partial charge on any atom is -0.497 e. The average molecular weight is 368 g/mol. The molecular formula is C21H25N3OS. The number of hydrogen-bond acceptors (Lipinski definition) is 5. The molecule has 0 saturated carbocycles. The van der Waals surface area contributed by atoms with Gasteiger partial charge in [0.1, 0.15) is 11.1 Å². The van der Waals surface area contributed by atoms with E-state index in [9.17, 15) is 0 Å². The van der Waals surface area contributed by atoms with Crippen LogP contribution in [0.15, 0.2) is 60.1 Å². The van der Waals surface area contributed by atoms with Gasteiger partial charge in [-0.3, -0.25) is 0 Å². The minimum absolute atomic E-state index is 0.237. The number of nitrogens with two attached hydrogens (primary N) is 1. The number of ether oxygens (including phenoxy) is 1. The molecule has 0 aliphatic carbocycles. The van der Waals surface area contributed by atoms with Crippen LogP contribution in [-0.2, 0) is 0 Å². The van der Waals surface area contributed by atoms with Gasteiger partial charge >= 0.3 is 0 Å². The molecule has 0 bridgehead atoms. The zero-order valence-electron chi connectivity index (χ0n) is 15.0. The number of rotatable bonds is 4. The molecule has 1 fully saturated rings. The molecule has 2 heterocycles. The molecule has 4 rings (SSSR count). The van der Waals surface area contributed by atoms with Crippen molar-refractivity contribution < 1.29 is 4.74 Å². The van der Waals surface area contributed by atoms with Crippen LogP contribution in [0.3, 0.4) is 0 Å². The lowest BCUT2D eigenvalue weighted by Gasteiger charge is -2.36. The molecule has 2 aliphatic heterocycles. The van der Waals surface area contributed by atoms with Crippen LogP contribution in [0.1, 0.15) is 23.8 Å². The summed E-state index contributed by atoms with van der Waals surface area (Å²) in [5, 5.41) is 2.41. The summed E-state index contributed by atoms with van der Waals surface area (Å²) in [4.78, 5) is 4.76. The fraction of sp³-hybridized carbons (Fsp3) is 0.333. The van der Waals surface area contributed by atoms with Crippen molar-refractivity contribution in [2.24, 2.45) is 5.73 Å². The molecule has 1 unspecified atom stereocenters. The highest BCUT2D eigenvalue weighted by molar-refractivity contribution is 8.02. The van der Waals surface area contributed by atoms with Crippen LogP contribution >= 0.6 is 11.8 Å². The summed E-state index contributed by atoms with van der Waals surface area (Å²) in [5.74, 6) is 0.877. The highest BCUT2D eigenvalue weighted by atomic mass is 32.2. The predicted octanol–water partition coefficient (Wildman–Crippen LogP) is 4.35. The molecule has 0 aromatic heterocycles. The van der Waals surface area contributed by atoms with Gasteiger partial charge in [-0.1, -0.05) is 30.3 Å². The lowest BCUT2D eigenvalue weighted by atomic mass is 10.0. The van der Waals surface area contributed by atoms with Crippen LogP contribution in [0, 0.1) is 0 Å². The van der Waals surface area contributed by atoms with Crippen molar-refractivity contribution in [1.29, 1.82) is 0 Å². The Bertz CT molecular complexity index is 780. The number of nitrogens with zero attached hydrogens (tertiary/aromatic N) is 2. The lowest BCUT2D eigenvalue weighted by Crippen LogP contribution is -2.43. The van der Waals surface area contributed by atoms with Crippen LogP contribution in [0.25, 0.3) is 0 Å². The molecule has 0 amide bonds. The Balaban J connectivity index is 1.72. The smallest absolute Gasteiger partial charge is 0.121 e. The Morgan fingerprint density at radius 2 is 1.96 bits per heavy atom. The van der Waals surface area contributed by atoms with Crippen molar-refractivity contribution >= 4 is 23.1 Å². The summed E-state index contributed by atoms with van der Waals surface area (Å²) in [5.41, 5.74) is 9.95. The molecule has 2 atom stereocenters. The molecule has 136 valence electrons. The Morgan fingerprint density at radius 3 is 2.73 bits per heavy atom. The number of methoxy groups -OCH3 is 1. The molecule has 0 spiro atoms. The first-order valence-corrected chi connectivity index (χ1v) is 10.0. The number of piperidine rings is 1. The van der Waals surface area contributed by atoms with Gasteiger partial charge in [0, 0.05) is 31.4 Å². The Labute approximate surface area is 159 Å². The Kier molecular flexibility index (Phi) is 5.09. The highest BCUT2D eigenvalue weighted by Gasteiger charge is 2.28. The maximum Gasteiger partial charge on any atom is 0.121 e. The molecule has 0 radical (unpaired) electrons. The maximum atomic E-state index is 6.24. The monoisotopic (exact) mass is 367 g/mol. The average Bonchev–Trinajstić information content (AvgIpc) is 3.18.